The third kappa shape index (κ3) is 3.62. The summed E-state index contributed by atoms with van der Waals surface area (Å²) in [7, 11) is 1.97. The van der Waals surface area contributed by atoms with Gasteiger partial charge in [-0.05, 0) is 24.6 Å². The van der Waals surface area contributed by atoms with Gasteiger partial charge in [0.15, 0.2) is 0 Å². The van der Waals surface area contributed by atoms with Crippen LogP contribution in [0, 0.1) is 5.92 Å². The number of pyridine rings is 1. The Morgan fingerprint density at radius 2 is 2.08 bits per heavy atom. The molecule has 7 nitrogen and oxygen atoms in total. The van der Waals surface area contributed by atoms with Crippen LogP contribution in [0.2, 0.25) is 0 Å². The zero-order chi connectivity index (χ0) is 17.1. The van der Waals surface area contributed by atoms with Crippen molar-refractivity contribution in [1.29, 1.82) is 0 Å². The van der Waals surface area contributed by atoms with E-state index < -0.39 is 0 Å². The van der Waals surface area contributed by atoms with Gasteiger partial charge in [-0.2, -0.15) is 5.10 Å². The normalized spacial score (nSPS) is 23.8. The zero-order valence-corrected chi connectivity index (χ0v) is 14.6. The van der Waals surface area contributed by atoms with Crippen LogP contribution in [0.15, 0.2) is 30.6 Å². The van der Waals surface area contributed by atoms with Crippen LogP contribution >= 0.6 is 0 Å². The molecule has 4 heterocycles. The van der Waals surface area contributed by atoms with Gasteiger partial charge < -0.3 is 19.7 Å². The Bertz CT molecular complexity index is 681. The molecule has 7 heteroatoms. The second-order valence-corrected chi connectivity index (χ2v) is 6.60. The molecule has 2 aromatic rings. The molecule has 0 aliphatic carbocycles. The van der Waals surface area contributed by atoms with Crippen molar-refractivity contribution in [1.82, 2.24) is 14.8 Å². The molecule has 2 fully saturated rings. The van der Waals surface area contributed by atoms with Gasteiger partial charge in [0.1, 0.15) is 11.9 Å². The second kappa shape index (κ2) is 7.41. The monoisotopic (exact) mass is 343 g/mol. The Morgan fingerprint density at radius 3 is 2.80 bits per heavy atom. The van der Waals surface area contributed by atoms with Crippen molar-refractivity contribution in [3.8, 4) is 0 Å². The smallest absolute Gasteiger partial charge is 0.126 e. The molecule has 0 bridgehead atoms. The Morgan fingerprint density at radius 1 is 1.20 bits per heavy atom. The van der Waals surface area contributed by atoms with Gasteiger partial charge >= 0.3 is 0 Å². The lowest BCUT2D eigenvalue weighted by Crippen LogP contribution is -2.36. The summed E-state index contributed by atoms with van der Waals surface area (Å²) >= 11 is 0. The Balaban J connectivity index is 1.35. The maximum absolute atomic E-state index is 5.94. The number of aryl methyl sites for hydroxylation is 1. The van der Waals surface area contributed by atoms with Crippen LogP contribution in [0.1, 0.15) is 18.2 Å². The van der Waals surface area contributed by atoms with E-state index in [4.69, 9.17) is 9.47 Å². The summed E-state index contributed by atoms with van der Waals surface area (Å²) in [5.41, 5.74) is 2.30. The summed E-state index contributed by atoms with van der Waals surface area (Å²) in [6.45, 7) is 5.08. The Labute approximate surface area is 147 Å². The molecule has 0 unspecified atom stereocenters. The maximum Gasteiger partial charge on any atom is 0.126 e. The second-order valence-electron chi connectivity index (χ2n) is 6.60. The highest BCUT2D eigenvalue weighted by molar-refractivity contribution is 5.49. The van der Waals surface area contributed by atoms with Crippen LogP contribution in [-0.2, 0) is 16.5 Å². The largest absolute Gasteiger partial charge is 0.378 e. The number of rotatable bonds is 5. The minimum Gasteiger partial charge on any atom is -0.378 e. The quantitative estimate of drug-likeness (QED) is 0.894. The molecule has 0 spiro atoms. The molecule has 2 saturated heterocycles. The molecule has 2 atom stereocenters. The summed E-state index contributed by atoms with van der Waals surface area (Å²) < 4.78 is 13.2. The third-order valence-corrected chi connectivity index (χ3v) is 5.03. The minimum absolute atomic E-state index is 0.104. The van der Waals surface area contributed by atoms with Gasteiger partial charge in [-0.1, -0.05) is 0 Å². The van der Waals surface area contributed by atoms with Crippen LogP contribution in [0.25, 0.3) is 0 Å². The van der Waals surface area contributed by atoms with Crippen LogP contribution in [0.3, 0.4) is 0 Å². The molecular weight excluding hydrogens is 318 g/mol. The number of hydrogen-bond donors (Lipinski definition) is 1. The summed E-state index contributed by atoms with van der Waals surface area (Å²) in [6.07, 6.45) is 4.92. The zero-order valence-electron chi connectivity index (χ0n) is 14.6. The standard InChI is InChI=1S/C18H25N5O2/c1-22-16(4-6-21-22)18-14(5-9-25-18)12-19-17-3-2-15(13-20-17)23-7-10-24-11-8-23/h2-4,6,13-14,18H,5,7-12H2,1H3,(H,19,20)/t14-,18+/m0/s1. The van der Waals surface area contributed by atoms with Crippen molar-refractivity contribution >= 4 is 11.5 Å². The lowest BCUT2D eigenvalue weighted by Gasteiger charge is -2.28. The van der Waals surface area contributed by atoms with E-state index in [1.807, 2.05) is 30.2 Å². The van der Waals surface area contributed by atoms with Crippen LogP contribution < -0.4 is 10.2 Å². The first kappa shape index (κ1) is 16.4. The van der Waals surface area contributed by atoms with E-state index in [0.717, 1.165) is 63.1 Å². The van der Waals surface area contributed by atoms with E-state index in [1.165, 1.54) is 0 Å². The number of aromatic nitrogens is 3. The SMILES string of the molecule is Cn1nccc1[C@@H]1OCC[C@H]1CNc1ccc(N2CCOCC2)cn1. The van der Waals surface area contributed by atoms with E-state index in [2.05, 4.69) is 32.4 Å². The van der Waals surface area contributed by atoms with Gasteiger partial charge in [-0.15, -0.1) is 0 Å². The lowest BCUT2D eigenvalue weighted by atomic mass is 9.99. The molecule has 0 radical (unpaired) electrons. The molecule has 1 N–H and O–H groups in total. The van der Waals surface area contributed by atoms with Gasteiger partial charge in [-0.3, -0.25) is 4.68 Å². The highest BCUT2D eigenvalue weighted by Gasteiger charge is 2.31. The molecule has 2 aromatic heterocycles. The van der Waals surface area contributed by atoms with E-state index >= 15 is 0 Å². The van der Waals surface area contributed by atoms with Crippen molar-refractivity contribution in [3.63, 3.8) is 0 Å². The molecular formula is C18H25N5O2. The first-order valence-corrected chi connectivity index (χ1v) is 8.93. The van der Waals surface area contributed by atoms with Gasteiger partial charge in [-0.25, -0.2) is 4.98 Å². The molecule has 25 heavy (non-hydrogen) atoms. The van der Waals surface area contributed by atoms with Crippen molar-refractivity contribution in [2.75, 3.05) is 49.7 Å². The van der Waals surface area contributed by atoms with Crippen LogP contribution in [0.5, 0.6) is 0 Å². The van der Waals surface area contributed by atoms with Crippen molar-refractivity contribution in [2.24, 2.45) is 13.0 Å². The molecule has 134 valence electrons. The number of nitrogens with zero attached hydrogens (tertiary/aromatic N) is 4. The van der Waals surface area contributed by atoms with Gasteiger partial charge in [0, 0.05) is 45.4 Å². The number of hydrogen-bond acceptors (Lipinski definition) is 6. The summed E-state index contributed by atoms with van der Waals surface area (Å²) in [6, 6.07) is 6.22. The molecule has 4 rings (SSSR count). The maximum atomic E-state index is 5.94. The van der Waals surface area contributed by atoms with Gasteiger partial charge in [0.2, 0.25) is 0 Å². The predicted molar refractivity (Wildman–Crippen MR) is 95.8 cm³/mol. The van der Waals surface area contributed by atoms with Gasteiger partial charge in [0.05, 0.1) is 30.8 Å². The topological polar surface area (TPSA) is 64.4 Å². The lowest BCUT2D eigenvalue weighted by molar-refractivity contribution is 0.0866. The first-order valence-electron chi connectivity index (χ1n) is 8.93. The van der Waals surface area contributed by atoms with Crippen LogP contribution in [-0.4, -0.2) is 54.2 Å². The van der Waals surface area contributed by atoms with Crippen LogP contribution in [0.4, 0.5) is 11.5 Å². The fourth-order valence-corrected chi connectivity index (χ4v) is 3.57. The molecule has 0 aromatic carbocycles. The Kier molecular flexibility index (Phi) is 4.85. The number of nitrogens with one attached hydrogen (secondary N) is 1. The van der Waals surface area contributed by atoms with E-state index in [1.54, 1.807) is 0 Å². The average Bonchev–Trinajstić information content (AvgIpc) is 3.29. The number of anilines is 2. The van der Waals surface area contributed by atoms with Crippen molar-refractivity contribution in [2.45, 2.75) is 12.5 Å². The molecule has 2 aliphatic rings. The molecule has 0 amide bonds. The highest BCUT2D eigenvalue weighted by Crippen LogP contribution is 2.34. The van der Waals surface area contributed by atoms with E-state index in [0.29, 0.717) is 5.92 Å². The predicted octanol–water partition coefficient (Wildman–Crippen LogP) is 1.84. The van der Waals surface area contributed by atoms with E-state index in [-0.39, 0.29) is 6.10 Å². The third-order valence-electron chi connectivity index (χ3n) is 5.03. The number of ether oxygens (including phenoxy) is 2. The molecule has 2 aliphatic heterocycles. The van der Waals surface area contributed by atoms with Crippen molar-refractivity contribution < 1.29 is 9.47 Å². The Hall–Kier alpha value is -2.12. The fraction of sp³-hybridized carbons (Fsp3) is 0.556. The molecule has 0 saturated carbocycles. The van der Waals surface area contributed by atoms with Gasteiger partial charge in [0.25, 0.3) is 0 Å². The minimum atomic E-state index is 0.104. The summed E-state index contributed by atoms with van der Waals surface area (Å²) in [5, 5.41) is 7.72. The average molecular weight is 343 g/mol. The summed E-state index contributed by atoms with van der Waals surface area (Å²) in [5.74, 6) is 1.34. The van der Waals surface area contributed by atoms with Crippen molar-refractivity contribution in [3.05, 3.63) is 36.3 Å². The first-order chi connectivity index (χ1) is 12.3. The number of morpholine rings is 1. The highest BCUT2D eigenvalue weighted by atomic mass is 16.5. The summed E-state index contributed by atoms with van der Waals surface area (Å²) in [4.78, 5) is 6.88. The fourth-order valence-electron chi connectivity index (χ4n) is 3.57. The van der Waals surface area contributed by atoms with E-state index in [9.17, 15) is 0 Å².